The van der Waals surface area contributed by atoms with Gasteiger partial charge < -0.3 is 10.5 Å². The van der Waals surface area contributed by atoms with E-state index in [9.17, 15) is 0 Å². The van der Waals surface area contributed by atoms with Crippen molar-refractivity contribution in [3.8, 4) is 5.75 Å². The summed E-state index contributed by atoms with van der Waals surface area (Å²) in [6.45, 7) is 13.3. The van der Waals surface area contributed by atoms with Crippen molar-refractivity contribution in [2.45, 2.75) is 53.7 Å². The summed E-state index contributed by atoms with van der Waals surface area (Å²) in [5, 5.41) is 0. The van der Waals surface area contributed by atoms with E-state index in [0.29, 0.717) is 16.7 Å². The highest BCUT2D eigenvalue weighted by Crippen LogP contribution is 2.71. The van der Waals surface area contributed by atoms with Gasteiger partial charge in [0.1, 0.15) is 5.75 Å². The summed E-state index contributed by atoms with van der Waals surface area (Å²) in [4.78, 5) is 0. The molecule has 2 rings (SSSR count). The van der Waals surface area contributed by atoms with Gasteiger partial charge in [0.25, 0.3) is 0 Å². The minimum absolute atomic E-state index is 0.109. The Kier molecular flexibility index (Phi) is 3.42. The molecule has 1 aliphatic carbocycles. The molecule has 1 aromatic carbocycles. The van der Waals surface area contributed by atoms with E-state index in [4.69, 9.17) is 10.5 Å². The van der Waals surface area contributed by atoms with E-state index < -0.39 is 0 Å². The molecule has 2 N–H and O–H groups in total. The molecule has 1 aliphatic rings. The van der Waals surface area contributed by atoms with Crippen LogP contribution < -0.4 is 10.5 Å². The highest BCUT2D eigenvalue weighted by Gasteiger charge is 2.66. The smallest absolute Gasteiger partial charge is 0.119 e. The van der Waals surface area contributed by atoms with Crippen LogP contribution in [0.25, 0.3) is 0 Å². The molecule has 0 aromatic heterocycles. The fourth-order valence-corrected chi connectivity index (χ4v) is 3.38. The van der Waals surface area contributed by atoms with Gasteiger partial charge in [-0.25, -0.2) is 0 Å². The number of benzene rings is 1. The second-order valence-corrected chi connectivity index (χ2v) is 7.18. The molecule has 0 spiro atoms. The summed E-state index contributed by atoms with van der Waals surface area (Å²) < 4.78 is 5.67. The van der Waals surface area contributed by atoms with Gasteiger partial charge >= 0.3 is 0 Å². The van der Waals surface area contributed by atoms with Crippen LogP contribution in [0.15, 0.2) is 24.3 Å². The van der Waals surface area contributed by atoms with Gasteiger partial charge in [0.15, 0.2) is 0 Å². The van der Waals surface area contributed by atoms with Gasteiger partial charge in [-0.3, -0.25) is 0 Å². The van der Waals surface area contributed by atoms with Gasteiger partial charge in [-0.2, -0.15) is 0 Å². The fourth-order valence-electron chi connectivity index (χ4n) is 3.38. The number of ether oxygens (including phenoxy) is 1. The van der Waals surface area contributed by atoms with Crippen LogP contribution in [-0.2, 0) is 0 Å². The molecule has 1 saturated carbocycles. The van der Waals surface area contributed by atoms with Gasteiger partial charge in [-0.05, 0) is 48.3 Å². The van der Waals surface area contributed by atoms with Crippen molar-refractivity contribution in [1.29, 1.82) is 0 Å². The van der Waals surface area contributed by atoms with Crippen molar-refractivity contribution in [2.75, 3.05) is 0 Å². The van der Waals surface area contributed by atoms with E-state index in [1.807, 2.05) is 26.0 Å². The highest BCUT2D eigenvalue weighted by molar-refractivity contribution is 5.32. The minimum Gasteiger partial charge on any atom is -0.491 e. The van der Waals surface area contributed by atoms with E-state index in [1.54, 1.807) is 0 Å². The number of rotatable bonds is 4. The third-order valence-corrected chi connectivity index (χ3v) is 5.13. The van der Waals surface area contributed by atoms with Crippen LogP contribution in [0.2, 0.25) is 0 Å². The first-order valence-corrected chi connectivity index (χ1v) is 7.20. The Morgan fingerprint density at radius 2 is 1.47 bits per heavy atom. The summed E-state index contributed by atoms with van der Waals surface area (Å²) in [5.41, 5.74) is 8.31. The number of nitrogens with two attached hydrogens (primary N) is 1. The molecule has 1 fully saturated rings. The van der Waals surface area contributed by atoms with Gasteiger partial charge in [-0.15, -0.1) is 0 Å². The molecule has 0 bridgehead atoms. The SMILES string of the molecule is CC(C)Oc1ccc(C(N)C2C(C)(C)C2(C)C)cc1. The van der Waals surface area contributed by atoms with Crippen molar-refractivity contribution < 1.29 is 4.74 Å². The summed E-state index contributed by atoms with van der Waals surface area (Å²) in [6, 6.07) is 8.37. The molecule has 0 aliphatic heterocycles. The molecule has 0 saturated heterocycles. The molecule has 1 atom stereocenters. The topological polar surface area (TPSA) is 35.2 Å². The third-order valence-electron chi connectivity index (χ3n) is 5.13. The maximum Gasteiger partial charge on any atom is 0.119 e. The van der Waals surface area contributed by atoms with E-state index in [2.05, 4.69) is 39.8 Å². The van der Waals surface area contributed by atoms with Crippen LogP contribution in [-0.4, -0.2) is 6.10 Å². The van der Waals surface area contributed by atoms with Gasteiger partial charge in [-0.1, -0.05) is 39.8 Å². The first-order valence-electron chi connectivity index (χ1n) is 7.20. The first kappa shape index (κ1) is 14.4. The monoisotopic (exact) mass is 261 g/mol. The summed E-state index contributed by atoms with van der Waals surface area (Å²) in [5.74, 6) is 1.46. The molecule has 0 amide bonds. The highest BCUT2D eigenvalue weighted by atomic mass is 16.5. The molecule has 106 valence electrons. The van der Waals surface area contributed by atoms with Crippen LogP contribution >= 0.6 is 0 Å². The maximum absolute atomic E-state index is 6.46. The average molecular weight is 261 g/mol. The quantitative estimate of drug-likeness (QED) is 0.883. The molecule has 2 nitrogen and oxygen atoms in total. The van der Waals surface area contributed by atoms with Crippen LogP contribution in [0.1, 0.15) is 53.1 Å². The summed E-state index contributed by atoms with van der Waals surface area (Å²) in [6.07, 6.45) is 0.209. The second-order valence-electron chi connectivity index (χ2n) is 7.18. The summed E-state index contributed by atoms with van der Waals surface area (Å²) in [7, 11) is 0. The van der Waals surface area contributed by atoms with Crippen LogP contribution in [0.5, 0.6) is 5.75 Å². The third kappa shape index (κ3) is 2.38. The maximum atomic E-state index is 6.46. The zero-order valence-corrected chi connectivity index (χ0v) is 13.0. The fraction of sp³-hybridized carbons (Fsp3) is 0.647. The molecular weight excluding hydrogens is 234 g/mol. The Bertz CT molecular complexity index is 431. The first-order chi connectivity index (χ1) is 8.68. The predicted octanol–water partition coefficient (Wildman–Crippen LogP) is 4.16. The Morgan fingerprint density at radius 3 is 1.84 bits per heavy atom. The van der Waals surface area contributed by atoms with Crippen molar-refractivity contribution in [3.05, 3.63) is 29.8 Å². The number of hydrogen-bond acceptors (Lipinski definition) is 2. The lowest BCUT2D eigenvalue weighted by Crippen LogP contribution is -2.16. The van der Waals surface area contributed by atoms with Gasteiger partial charge in [0, 0.05) is 6.04 Å². The molecule has 19 heavy (non-hydrogen) atoms. The molecular formula is C17H27NO. The Morgan fingerprint density at radius 1 is 1.00 bits per heavy atom. The molecule has 1 aromatic rings. The zero-order chi connectivity index (χ0) is 14.4. The van der Waals surface area contributed by atoms with Gasteiger partial charge in [0.05, 0.1) is 6.10 Å². The Balaban J connectivity index is 2.11. The minimum atomic E-state index is 0.109. The molecule has 0 radical (unpaired) electrons. The van der Waals surface area contributed by atoms with Crippen molar-refractivity contribution >= 4 is 0 Å². The molecule has 0 heterocycles. The van der Waals surface area contributed by atoms with Crippen LogP contribution in [0.4, 0.5) is 0 Å². The van der Waals surface area contributed by atoms with E-state index in [0.717, 1.165) is 5.75 Å². The van der Waals surface area contributed by atoms with Crippen molar-refractivity contribution in [2.24, 2.45) is 22.5 Å². The lowest BCUT2D eigenvalue weighted by Gasteiger charge is -2.16. The number of hydrogen-bond donors (Lipinski definition) is 1. The van der Waals surface area contributed by atoms with Gasteiger partial charge in [0.2, 0.25) is 0 Å². The molecule has 1 unspecified atom stereocenters. The lowest BCUT2D eigenvalue weighted by atomic mass is 9.97. The van der Waals surface area contributed by atoms with Crippen molar-refractivity contribution in [1.82, 2.24) is 0 Å². The van der Waals surface area contributed by atoms with Crippen LogP contribution in [0, 0.1) is 16.7 Å². The average Bonchev–Trinajstić information content (AvgIpc) is 2.68. The van der Waals surface area contributed by atoms with Crippen LogP contribution in [0.3, 0.4) is 0 Å². The van der Waals surface area contributed by atoms with E-state index in [1.165, 1.54) is 5.56 Å². The normalized spacial score (nSPS) is 22.3. The second kappa shape index (κ2) is 4.52. The zero-order valence-electron chi connectivity index (χ0n) is 13.0. The Labute approximate surface area is 117 Å². The predicted molar refractivity (Wildman–Crippen MR) is 80.2 cm³/mol. The largest absolute Gasteiger partial charge is 0.491 e. The van der Waals surface area contributed by atoms with E-state index in [-0.39, 0.29) is 12.1 Å². The standard InChI is InChI=1S/C17H27NO/c1-11(2)19-13-9-7-12(8-10-13)14(18)15-16(3,4)17(15,5)6/h7-11,14-15H,18H2,1-6H3. The van der Waals surface area contributed by atoms with Crippen molar-refractivity contribution in [3.63, 3.8) is 0 Å². The Hall–Kier alpha value is -1.02. The summed E-state index contributed by atoms with van der Waals surface area (Å²) >= 11 is 0. The lowest BCUT2D eigenvalue weighted by molar-refractivity contribution is 0.242. The molecule has 2 heteroatoms. The van der Waals surface area contributed by atoms with E-state index >= 15 is 0 Å².